The fourth-order valence-corrected chi connectivity index (χ4v) is 2.94. The van der Waals surface area contributed by atoms with Crippen molar-refractivity contribution in [1.82, 2.24) is 0 Å². The van der Waals surface area contributed by atoms with Crippen molar-refractivity contribution in [1.29, 1.82) is 0 Å². The maximum absolute atomic E-state index is 12.9. The van der Waals surface area contributed by atoms with Crippen molar-refractivity contribution in [2.75, 3.05) is 26.4 Å². The van der Waals surface area contributed by atoms with E-state index in [0.29, 0.717) is 51.3 Å². The van der Waals surface area contributed by atoms with Crippen molar-refractivity contribution < 1.29 is 43.6 Å². The van der Waals surface area contributed by atoms with Gasteiger partial charge < -0.3 is 24.4 Å². The highest BCUT2D eigenvalue weighted by Gasteiger charge is 2.34. The Morgan fingerprint density at radius 3 is 1.61 bits per heavy atom. The molecule has 0 aromatic heterocycles. The zero-order chi connectivity index (χ0) is 27.6. The molecule has 0 rings (SSSR count). The minimum absolute atomic E-state index is 0. The molecule has 0 aliphatic rings. The second-order valence-electron chi connectivity index (χ2n) is 10.1. The molecule has 0 unspecified atom stereocenters. The van der Waals surface area contributed by atoms with E-state index in [9.17, 15) is 19.2 Å². The number of hydrogen-bond acceptors (Lipinski definition) is 8. The summed E-state index contributed by atoms with van der Waals surface area (Å²) in [4.78, 5) is 46.9. The second kappa shape index (κ2) is 27.2. The molecule has 0 aliphatic heterocycles. The Labute approximate surface area is 251 Å². The topological polar surface area (TPSA) is 137 Å². The first-order valence-electron chi connectivity index (χ1n) is 12.4. The predicted molar refractivity (Wildman–Crippen MR) is 168 cm³/mol. The lowest BCUT2D eigenvalue weighted by atomic mass is 9.78. The Bertz CT molecular complexity index is 767. The van der Waals surface area contributed by atoms with Crippen LogP contribution < -0.4 is 0 Å². The quantitative estimate of drug-likeness (QED) is 0.0459. The number of ether oxygens (including phenoxy) is 4. The van der Waals surface area contributed by atoms with Crippen LogP contribution in [-0.2, 0) is 38.1 Å². The van der Waals surface area contributed by atoms with Crippen molar-refractivity contribution in [3.8, 4) is 0 Å². The summed E-state index contributed by atoms with van der Waals surface area (Å²) in [5.74, 6) is -0.631. The summed E-state index contributed by atoms with van der Waals surface area (Å²) in [5.41, 5.74) is -1.23. The van der Waals surface area contributed by atoms with Gasteiger partial charge in [-0.1, -0.05) is 63.3 Å². The number of carbonyl (C=O) groups excluding carboxylic acids is 4. The van der Waals surface area contributed by atoms with Crippen molar-refractivity contribution in [2.45, 2.75) is 109 Å². The van der Waals surface area contributed by atoms with Crippen molar-refractivity contribution in [2.24, 2.45) is 10.8 Å². The third-order valence-corrected chi connectivity index (χ3v) is 5.35. The third kappa shape index (κ3) is 27.0. The molecule has 0 heterocycles. The van der Waals surface area contributed by atoms with Crippen LogP contribution in [0.2, 0.25) is 0 Å². The molecule has 0 bridgehead atoms. The minimum atomic E-state index is -0.814. The molecule has 2 N–H and O–H groups in total. The number of allylic oxidation sites excluding steroid dienone is 1. The average Bonchev–Trinajstić information content (AvgIpc) is 2.82. The Morgan fingerprint density at radius 2 is 1.12 bits per heavy atom. The van der Waals surface area contributed by atoms with Gasteiger partial charge in [0.2, 0.25) is 0 Å². The van der Waals surface area contributed by atoms with Gasteiger partial charge in [-0.25, -0.2) is 9.59 Å². The van der Waals surface area contributed by atoms with Gasteiger partial charge in [-0.2, -0.15) is 0 Å². The molecule has 41 heavy (non-hydrogen) atoms. The smallest absolute Gasteiger partial charge is 0.330 e. The van der Waals surface area contributed by atoms with Gasteiger partial charge in [0.05, 0.1) is 31.0 Å². The van der Waals surface area contributed by atoms with Crippen LogP contribution in [-0.4, -0.2) is 55.6 Å². The number of Topliss-reactive ketones (excluding diaryl/α,β-unsaturated/α-hetero) is 1. The number of ketones is 1. The molecule has 0 aromatic rings. The van der Waals surface area contributed by atoms with E-state index in [-0.39, 0.29) is 66.4 Å². The van der Waals surface area contributed by atoms with Crippen molar-refractivity contribution in [3.05, 3.63) is 37.6 Å². The minimum Gasteiger partial charge on any atom is -0.498 e. The molecule has 244 valence electrons. The van der Waals surface area contributed by atoms with Crippen LogP contribution in [0.3, 0.4) is 0 Å². The molecule has 0 saturated carbocycles. The molecule has 0 radical (unpaired) electrons. The van der Waals surface area contributed by atoms with Gasteiger partial charge in [-0.15, -0.1) is 0 Å². The highest BCUT2D eigenvalue weighted by atomic mass is 16.5. The first-order valence-corrected chi connectivity index (χ1v) is 12.4. The maximum Gasteiger partial charge on any atom is 0.330 e. The molecule has 9 heteroatoms. The lowest BCUT2D eigenvalue weighted by molar-refractivity contribution is -0.150. The van der Waals surface area contributed by atoms with Crippen LogP contribution in [0.5, 0.6) is 0 Å². The van der Waals surface area contributed by atoms with Crippen LogP contribution in [0.4, 0.5) is 0 Å². The third-order valence-electron chi connectivity index (χ3n) is 5.35. The van der Waals surface area contributed by atoms with Crippen LogP contribution in [0.15, 0.2) is 37.6 Å². The second-order valence-corrected chi connectivity index (χ2v) is 10.1. The molecule has 0 amide bonds. The van der Waals surface area contributed by atoms with Gasteiger partial charge in [-0.3, -0.25) is 9.59 Å². The zero-order valence-corrected chi connectivity index (χ0v) is 23.0. The Kier molecular flexibility index (Phi) is 33.8. The predicted octanol–water partition coefficient (Wildman–Crippen LogP) is 6.98. The molecule has 9 nitrogen and oxygen atoms in total. The molecular weight excluding hydrogens is 528 g/mol. The first-order chi connectivity index (χ1) is 16.8. The molecule has 0 fully saturated rings. The Balaban J connectivity index is -0.000000612. The van der Waals surface area contributed by atoms with Crippen molar-refractivity contribution >= 4 is 23.7 Å². The zero-order valence-electron chi connectivity index (χ0n) is 23.0. The summed E-state index contributed by atoms with van der Waals surface area (Å²) >= 11 is 0. The number of carbonyl (C=O) groups is 4. The first kappa shape index (κ1) is 50.9. The summed E-state index contributed by atoms with van der Waals surface area (Å²) in [6.45, 7) is 19.0. The summed E-state index contributed by atoms with van der Waals surface area (Å²) in [5, 5.41) is 0. The van der Waals surface area contributed by atoms with E-state index in [1.165, 1.54) is 0 Å². The van der Waals surface area contributed by atoms with Gasteiger partial charge in [0, 0.05) is 36.8 Å². The summed E-state index contributed by atoms with van der Waals surface area (Å²) in [6.07, 6.45) is 6.87. The van der Waals surface area contributed by atoms with E-state index in [4.69, 9.17) is 18.9 Å². The highest BCUT2D eigenvalue weighted by molar-refractivity contribution is 5.85. The number of esters is 3. The van der Waals surface area contributed by atoms with Crippen LogP contribution >= 0.6 is 0 Å². The van der Waals surface area contributed by atoms with E-state index in [1.54, 1.807) is 13.8 Å². The Morgan fingerprint density at radius 1 is 0.659 bits per heavy atom. The van der Waals surface area contributed by atoms with Gasteiger partial charge in [-0.05, 0) is 46.0 Å². The van der Waals surface area contributed by atoms with E-state index >= 15 is 0 Å². The summed E-state index contributed by atoms with van der Waals surface area (Å²) in [6, 6.07) is 0. The van der Waals surface area contributed by atoms with Crippen LogP contribution in [0.25, 0.3) is 0 Å². The fraction of sp³-hybridized carbons (Fsp3) is 0.688. The van der Waals surface area contributed by atoms with Gasteiger partial charge >= 0.3 is 17.9 Å². The summed E-state index contributed by atoms with van der Waals surface area (Å²) in [7, 11) is 0. The molecular formula is C32H62O9. The molecule has 0 atom stereocenters. The van der Waals surface area contributed by atoms with E-state index in [2.05, 4.69) is 19.7 Å². The molecule has 0 saturated heterocycles. The summed E-state index contributed by atoms with van der Waals surface area (Å²) < 4.78 is 20.9. The van der Waals surface area contributed by atoms with Gasteiger partial charge in [0.25, 0.3) is 0 Å². The monoisotopic (exact) mass is 590 g/mol. The normalized spacial score (nSPS) is 9.85. The molecule has 0 aromatic carbocycles. The lowest BCUT2D eigenvalue weighted by Crippen LogP contribution is -2.35. The maximum atomic E-state index is 12.9. The van der Waals surface area contributed by atoms with Crippen LogP contribution in [0.1, 0.15) is 109 Å². The Hall–Kier alpha value is -2.94. The SMILES string of the molecule is C.C.C.C.C=CC(=O)OCCCCCC(=O)OCC(C)(C)C(=O)CC(C)(C)COC(=C)CCCCOC(=O)C=C.O. The van der Waals surface area contributed by atoms with Crippen LogP contribution in [0, 0.1) is 10.8 Å². The largest absolute Gasteiger partial charge is 0.498 e. The van der Waals surface area contributed by atoms with E-state index < -0.39 is 22.8 Å². The van der Waals surface area contributed by atoms with Gasteiger partial charge in [0.15, 0.2) is 0 Å². The van der Waals surface area contributed by atoms with Crippen molar-refractivity contribution in [3.63, 3.8) is 0 Å². The number of unbranched alkanes of at least 4 members (excludes halogenated alkanes) is 3. The average molecular weight is 591 g/mol. The number of hydrogen-bond donors (Lipinski definition) is 0. The van der Waals surface area contributed by atoms with E-state index in [0.717, 1.165) is 25.0 Å². The van der Waals surface area contributed by atoms with E-state index in [1.807, 2.05) is 13.8 Å². The molecule has 0 spiro atoms. The highest BCUT2D eigenvalue weighted by Crippen LogP contribution is 2.29. The standard InChI is InChI=1S/C28H44O8.4CH4.H2O/c1-8-24(30)33-17-13-10-11-16-26(32)36-21-28(6,7)23(29)19-27(4,5)20-35-22(3)15-12-14-18-34-25(31)9-2;;;;;/h8-9H,1-3,10-21H2,4-7H3;4*1H4;1H2. The lowest BCUT2D eigenvalue weighted by Gasteiger charge is -2.30. The fourth-order valence-electron chi connectivity index (χ4n) is 2.94. The number of rotatable bonds is 21. The van der Waals surface area contributed by atoms with Gasteiger partial charge in [0.1, 0.15) is 12.4 Å². The molecule has 0 aliphatic carbocycles.